The molecule has 1 heterocycles. The van der Waals surface area contributed by atoms with Crippen molar-refractivity contribution in [3.63, 3.8) is 0 Å². The van der Waals surface area contributed by atoms with Crippen molar-refractivity contribution < 1.29 is 13.9 Å². The van der Waals surface area contributed by atoms with Crippen LogP contribution in [0.15, 0.2) is 69.0 Å². The molecule has 0 aliphatic heterocycles. The van der Waals surface area contributed by atoms with Crippen LogP contribution in [0.3, 0.4) is 0 Å². The molecule has 0 radical (unpaired) electrons. The zero-order valence-corrected chi connectivity index (χ0v) is 23.7. The number of fused-ring (bicyclic) bond motifs is 1. The number of hydrogen-bond acceptors (Lipinski definition) is 5. The van der Waals surface area contributed by atoms with E-state index in [0.29, 0.717) is 34.8 Å². The molecule has 4 rings (SSSR count). The number of nitrogens with zero attached hydrogens (tertiary/aromatic N) is 3. The van der Waals surface area contributed by atoms with Crippen LogP contribution in [0, 0.1) is 9.39 Å². The van der Waals surface area contributed by atoms with Crippen LogP contribution in [-0.2, 0) is 6.61 Å². The van der Waals surface area contributed by atoms with Gasteiger partial charge in [-0.15, -0.1) is 0 Å². The molecule has 0 aliphatic carbocycles. The second kappa shape index (κ2) is 11.5. The van der Waals surface area contributed by atoms with Crippen molar-refractivity contribution in [2.45, 2.75) is 33.3 Å². The Bertz CT molecular complexity index is 1490. The molecule has 0 fully saturated rings. The lowest BCUT2D eigenvalue weighted by atomic mass is 10.2. The Labute approximate surface area is 230 Å². The zero-order chi connectivity index (χ0) is 25.8. The summed E-state index contributed by atoms with van der Waals surface area (Å²) in [6.45, 7) is 6.56. The molecular weight excluding hydrogens is 640 g/mol. The first kappa shape index (κ1) is 26.3. The van der Waals surface area contributed by atoms with E-state index in [4.69, 9.17) is 9.47 Å². The van der Waals surface area contributed by atoms with Crippen molar-refractivity contribution in [2.24, 2.45) is 5.10 Å². The van der Waals surface area contributed by atoms with E-state index >= 15 is 0 Å². The fraction of sp³-hybridized carbons (Fsp3) is 0.222. The van der Waals surface area contributed by atoms with Gasteiger partial charge in [-0.1, -0.05) is 41.9 Å². The van der Waals surface area contributed by atoms with Gasteiger partial charge in [-0.05, 0) is 83.1 Å². The van der Waals surface area contributed by atoms with Crippen LogP contribution in [0.1, 0.15) is 43.6 Å². The van der Waals surface area contributed by atoms with Crippen LogP contribution in [0.4, 0.5) is 4.39 Å². The molecule has 0 saturated carbocycles. The van der Waals surface area contributed by atoms with Crippen LogP contribution < -0.4 is 15.0 Å². The predicted molar refractivity (Wildman–Crippen MR) is 152 cm³/mol. The van der Waals surface area contributed by atoms with Crippen LogP contribution in [0.25, 0.3) is 10.9 Å². The molecule has 0 atom stereocenters. The van der Waals surface area contributed by atoms with Gasteiger partial charge in [0.2, 0.25) is 0 Å². The van der Waals surface area contributed by atoms with E-state index < -0.39 is 0 Å². The van der Waals surface area contributed by atoms with Gasteiger partial charge < -0.3 is 9.47 Å². The van der Waals surface area contributed by atoms with Crippen molar-refractivity contribution in [1.82, 2.24) is 9.66 Å². The molecule has 36 heavy (non-hydrogen) atoms. The maximum absolute atomic E-state index is 13.3. The molecule has 0 aliphatic rings. The summed E-state index contributed by atoms with van der Waals surface area (Å²) in [6.07, 6.45) is 1.62. The lowest BCUT2D eigenvalue weighted by Crippen LogP contribution is -2.23. The quantitative estimate of drug-likeness (QED) is 0.152. The Balaban J connectivity index is 1.69. The first-order chi connectivity index (χ1) is 17.3. The van der Waals surface area contributed by atoms with E-state index in [-0.39, 0.29) is 23.9 Å². The highest BCUT2D eigenvalue weighted by molar-refractivity contribution is 14.1. The van der Waals surface area contributed by atoms with E-state index in [2.05, 4.69) is 48.6 Å². The first-order valence-electron chi connectivity index (χ1n) is 11.4. The van der Waals surface area contributed by atoms with Crippen molar-refractivity contribution in [3.8, 4) is 11.5 Å². The lowest BCUT2D eigenvalue weighted by molar-refractivity contribution is 0.267. The fourth-order valence-electron chi connectivity index (χ4n) is 3.58. The molecule has 1 aromatic heterocycles. The van der Waals surface area contributed by atoms with Crippen LogP contribution in [-0.4, -0.2) is 22.5 Å². The van der Waals surface area contributed by atoms with Gasteiger partial charge in [-0.25, -0.2) is 9.37 Å². The smallest absolute Gasteiger partial charge is 0.282 e. The normalized spacial score (nSPS) is 11.5. The number of hydrogen-bond donors (Lipinski definition) is 0. The number of rotatable bonds is 8. The molecule has 0 N–H and O–H groups in total. The van der Waals surface area contributed by atoms with Gasteiger partial charge in [0.1, 0.15) is 18.2 Å². The predicted octanol–water partition coefficient (Wildman–Crippen LogP) is 6.89. The standard InChI is InChI=1S/C27H24BrFIN3O3/c1-4-35-24-12-18(11-22(30)25(24)36-15-17-5-8-20(29)9-6-17)14-31-33-26(16(2)3)32-23-10-7-19(28)13-21(23)27(33)34/h5-14,16H,4,15H2,1-3H3. The summed E-state index contributed by atoms with van der Waals surface area (Å²) in [4.78, 5) is 18.0. The molecule has 0 spiro atoms. The van der Waals surface area contributed by atoms with E-state index in [1.807, 2.05) is 45.0 Å². The third kappa shape index (κ3) is 5.95. The van der Waals surface area contributed by atoms with Crippen molar-refractivity contribution in [1.29, 1.82) is 0 Å². The monoisotopic (exact) mass is 663 g/mol. The maximum Gasteiger partial charge on any atom is 0.282 e. The largest absolute Gasteiger partial charge is 0.490 e. The molecule has 0 bridgehead atoms. The third-order valence-corrected chi connectivity index (χ3v) is 6.59. The molecule has 6 nitrogen and oxygen atoms in total. The van der Waals surface area contributed by atoms with E-state index in [0.717, 1.165) is 19.2 Å². The minimum Gasteiger partial charge on any atom is -0.490 e. The summed E-state index contributed by atoms with van der Waals surface area (Å²) in [6, 6.07) is 15.3. The summed E-state index contributed by atoms with van der Waals surface area (Å²) < 4.78 is 28.0. The third-order valence-electron chi connectivity index (χ3n) is 5.30. The zero-order valence-electron chi connectivity index (χ0n) is 20.0. The number of ether oxygens (including phenoxy) is 2. The number of aromatic nitrogens is 2. The van der Waals surface area contributed by atoms with Crippen molar-refractivity contribution in [3.05, 3.63) is 95.8 Å². The van der Waals surface area contributed by atoms with Crippen molar-refractivity contribution >= 4 is 55.6 Å². The van der Waals surface area contributed by atoms with E-state index in [1.54, 1.807) is 24.4 Å². The highest BCUT2D eigenvalue weighted by atomic mass is 127. The van der Waals surface area contributed by atoms with E-state index in [9.17, 15) is 9.18 Å². The number of halogens is 3. The Kier molecular flexibility index (Phi) is 8.40. The van der Waals surface area contributed by atoms with Crippen LogP contribution in [0.5, 0.6) is 11.5 Å². The topological polar surface area (TPSA) is 65.7 Å². The Morgan fingerprint density at radius 2 is 1.89 bits per heavy atom. The molecule has 186 valence electrons. The molecule has 0 saturated heterocycles. The Morgan fingerprint density at radius 3 is 2.58 bits per heavy atom. The summed E-state index contributed by atoms with van der Waals surface area (Å²) in [5.74, 6) is 1.43. The summed E-state index contributed by atoms with van der Waals surface area (Å²) in [5.41, 5.74) is 1.98. The fourth-order valence-corrected chi connectivity index (χ4v) is 4.72. The summed E-state index contributed by atoms with van der Waals surface area (Å²) in [5, 5.41) is 5.00. The van der Waals surface area contributed by atoms with Gasteiger partial charge in [0, 0.05) is 10.4 Å². The highest BCUT2D eigenvalue weighted by Crippen LogP contribution is 2.34. The SMILES string of the molecule is CCOc1cc(C=Nn2c(C(C)C)nc3ccc(Br)cc3c2=O)cc(I)c1OCc1ccc(F)cc1. The lowest BCUT2D eigenvalue weighted by Gasteiger charge is -2.15. The van der Waals surface area contributed by atoms with Gasteiger partial charge >= 0.3 is 0 Å². The molecule has 0 unspecified atom stereocenters. The van der Waals surface area contributed by atoms with Crippen LogP contribution >= 0.6 is 38.5 Å². The van der Waals surface area contributed by atoms with Crippen molar-refractivity contribution in [2.75, 3.05) is 6.61 Å². The minimum atomic E-state index is -0.291. The molecule has 4 aromatic rings. The second-order valence-corrected chi connectivity index (χ2v) is 10.4. The van der Waals surface area contributed by atoms with Gasteiger partial charge in [-0.3, -0.25) is 4.79 Å². The highest BCUT2D eigenvalue weighted by Gasteiger charge is 2.15. The van der Waals surface area contributed by atoms with E-state index in [1.165, 1.54) is 16.8 Å². The van der Waals surface area contributed by atoms with Gasteiger partial charge in [0.15, 0.2) is 11.5 Å². The Hall–Kier alpha value is -2.79. The average molecular weight is 664 g/mol. The Morgan fingerprint density at radius 1 is 1.14 bits per heavy atom. The second-order valence-electron chi connectivity index (χ2n) is 8.33. The summed E-state index contributed by atoms with van der Waals surface area (Å²) >= 11 is 5.60. The molecule has 0 amide bonds. The average Bonchev–Trinajstić information content (AvgIpc) is 2.84. The van der Waals surface area contributed by atoms with Gasteiger partial charge in [0.05, 0.1) is 27.3 Å². The summed E-state index contributed by atoms with van der Waals surface area (Å²) in [7, 11) is 0. The molecular formula is C27H24BrFIN3O3. The first-order valence-corrected chi connectivity index (χ1v) is 13.2. The number of benzene rings is 3. The molecule has 3 aromatic carbocycles. The molecule has 9 heteroatoms. The maximum atomic E-state index is 13.3. The van der Waals surface area contributed by atoms with Crippen LogP contribution in [0.2, 0.25) is 0 Å². The minimum absolute atomic E-state index is 0.00995. The van der Waals surface area contributed by atoms with Gasteiger partial charge in [-0.2, -0.15) is 9.78 Å². The van der Waals surface area contributed by atoms with Gasteiger partial charge in [0.25, 0.3) is 5.56 Å².